The van der Waals surface area contributed by atoms with Crippen LogP contribution in [0.25, 0.3) is 0 Å². The number of rotatable bonds is 24. The van der Waals surface area contributed by atoms with Crippen molar-refractivity contribution in [2.45, 2.75) is 122 Å². The molecule has 0 unspecified atom stereocenters. The van der Waals surface area contributed by atoms with E-state index in [4.69, 9.17) is 4.18 Å². The Morgan fingerprint density at radius 1 is 0.766 bits per heavy atom. The van der Waals surface area contributed by atoms with Crippen LogP contribution < -0.4 is 10.2 Å². The monoisotopic (exact) mass is 670 g/mol. The molecule has 0 spiro atoms. The van der Waals surface area contributed by atoms with E-state index in [0.29, 0.717) is 11.5 Å². The van der Waals surface area contributed by atoms with Crippen molar-refractivity contribution in [2.75, 3.05) is 50.8 Å². The van der Waals surface area contributed by atoms with Gasteiger partial charge in [0.25, 0.3) is 16.0 Å². The summed E-state index contributed by atoms with van der Waals surface area (Å²) < 4.78 is 29.6. The SMILES string of the molecule is Cc1ccc(S(=O)(=O)OCCCCCCCCCCCCCCCCCNC(=O)c2ccc(N3CCN(CC(C)C)CC3)nc2)cc1. The maximum atomic E-state index is 12.5. The third kappa shape index (κ3) is 16.0. The summed E-state index contributed by atoms with van der Waals surface area (Å²) in [5.74, 6) is 1.63. The zero-order valence-electron chi connectivity index (χ0n) is 29.6. The first-order chi connectivity index (χ1) is 22.7. The van der Waals surface area contributed by atoms with E-state index in [1.807, 2.05) is 19.1 Å². The van der Waals surface area contributed by atoms with Crippen LogP contribution in [0.15, 0.2) is 47.5 Å². The molecule has 2 heterocycles. The van der Waals surface area contributed by atoms with Crippen molar-refractivity contribution in [1.82, 2.24) is 15.2 Å². The minimum atomic E-state index is -3.63. The predicted molar refractivity (Wildman–Crippen MR) is 194 cm³/mol. The Balaban J connectivity index is 1.06. The lowest BCUT2D eigenvalue weighted by molar-refractivity contribution is 0.0952. The molecule has 264 valence electrons. The molecule has 1 aromatic carbocycles. The number of piperazine rings is 1. The summed E-state index contributed by atoms with van der Waals surface area (Å²) in [6, 6.07) is 10.7. The first-order valence-electron chi connectivity index (χ1n) is 18.4. The number of anilines is 1. The molecule has 1 amide bonds. The average molecular weight is 671 g/mol. The minimum absolute atomic E-state index is 0.0254. The number of pyridine rings is 1. The highest BCUT2D eigenvalue weighted by Gasteiger charge is 2.19. The van der Waals surface area contributed by atoms with E-state index in [-0.39, 0.29) is 17.4 Å². The van der Waals surface area contributed by atoms with Gasteiger partial charge in [-0.1, -0.05) is 115 Å². The molecule has 1 N–H and O–H groups in total. The molecule has 1 aliphatic heterocycles. The van der Waals surface area contributed by atoms with Crippen molar-refractivity contribution < 1.29 is 17.4 Å². The zero-order valence-corrected chi connectivity index (χ0v) is 30.4. The second-order valence-electron chi connectivity index (χ2n) is 13.7. The quantitative estimate of drug-likeness (QED) is 0.0890. The first kappa shape index (κ1) is 39.0. The highest BCUT2D eigenvalue weighted by atomic mass is 32.2. The maximum absolute atomic E-state index is 12.5. The molecule has 1 saturated heterocycles. The number of aromatic nitrogens is 1. The summed E-state index contributed by atoms with van der Waals surface area (Å²) in [5.41, 5.74) is 1.67. The smallest absolute Gasteiger partial charge is 0.296 e. The van der Waals surface area contributed by atoms with Crippen LogP contribution in [0.3, 0.4) is 0 Å². The highest BCUT2D eigenvalue weighted by Crippen LogP contribution is 2.17. The van der Waals surface area contributed by atoms with Gasteiger partial charge in [0.15, 0.2) is 0 Å². The number of unbranched alkanes of at least 4 members (excludes halogenated alkanes) is 14. The number of hydrogen-bond acceptors (Lipinski definition) is 7. The van der Waals surface area contributed by atoms with Gasteiger partial charge >= 0.3 is 0 Å². The van der Waals surface area contributed by atoms with Crippen molar-refractivity contribution in [2.24, 2.45) is 5.92 Å². The van der Waals surface area contributed by atoms with Crippen LogP contribution in [0.1, 0.15) is 126 Å². The van der Waals surface area contributed by atoms with E-state index in [1.165, 1.54) is 64.2 Å². The van der Waals surface area contributed by atoms with Gasteiger partial charge in [-0.3, -0.25) is 13.9 Å². The van der Waals surface area contributed by atoms with E-state index >= 15 is 0 Å². The van der Waals surface area contributed by atoms with Gasteiger partial charge in [0.2, 0.25) is 0 Å². The molecule has 2 aromatic rings. The molecule has 1 fully saturated rings. The number of amides is 1. The first-order valence-corrected chi connectivity index (χ1v) is 19.8. The van der Waals surface area contributed by atoms with Gasteiger partial charge in [-0.25, -0.2) is 4.98 Å². The lowest BCUT2D eigenvalue weighted by Crippen LogP contribution is -2.47. The summed E-state index contributed by atoms with van der Waals surface area (Å²) in [4.78, 5) is 22.2. The maximum Gasteiger partial charge on any atom is 0.296 e. The molecule has 0 radical (unpaired) electrons. The summed E-state index contributed by atoms with van der Waals surface area (Å²) in [6.45, 7) is 12.7. The summed E-state index contributed by atoms with van der Waals surface area (Å²) >= 11 is 0. The molecule has 0 aliphatic carbocycles. The van der Waals surface area contributed by atoms with Crippen LogP contribution in [-0.2, 0) is 14.3 Å². The van der Waals surface area contributed by atoms with E-state index < -0.39 is 10.1 Å². The van der Waals surface area contributed by atoms with Crippen LogP contribution >= 0.6 is 0 Å². The van der Waals surface area contributed by atoms with E-state index in [0.717, 1.165) is 82.8 Å². The lowest BCUT2D eigenvalue weighted by atomic mass is 10.0. The van der Waals surface area contributed by atoms with Gasteiger partial charge in [0.1, 0.15) is 5.82 Å². The van der Waals surface area contributed by atoms with E-state index in [1.54, 1.807) is 30.5 Å². The standard InChI is InChI=1S/C38H62N4O4S/c1-33(2)32-41-26-28-42(29-27-41)37-24-21-35(31-40-37)38(43)39-25-17-15-13-11-9-7-5-4-6-8-10-12-14-16-18-30-46-47(44,45)36-22-19-34(3)20-23-36/h19-24,31,33H,4-18,25-30,32H2,1-3H3,(H,39,43). The number of aryl methyl sites for hydroxylation is 1. The zero-order chi connectivity index (χ0) is 33.7. The Morgan fingerprint density at radius 2 is 1.30 bits per heavy atom. The number of benzene rings is 1. The molecule has 8 nitrogen and oxygen atoms in total. The van der Waals surface area contributed by atoms with Crippen molar-refractivity contribution >= 4 is 21.8 Å². The van der Waals surface area contributed by atoms with Crippen LogP contribution in [0.5, 0.6) is 0 Å². The summed E-state index contributed by atoms with van der Waals surface area (Å²) in [7, 11) is -3.63. The number of hydrogen-bond donors (Lipinski definition) is 1. The normalized spacial score (nSPS) is 14.2. The number of carbonyl (C=O) groups is 1. The van der Waals surface area contributed by atoms with Crippen LogP contribution in [0, 0.1) is 12.8 Å². The fourth-order valence-corrected chi connectivity index (χ4v) is 7.10. The molecule has 3 rings (SSSR count). The van der Waals surface area contributed by atoms with E-state index in [2.05, 4.69) is 33.9 Å². The fourth-order valence-electron chi connectivity index (χ4n) is 6.15. The number of nitrogens with zero attached hydrogens (tertiary/aromatic N) is 3. The molecule has 1 aromatic heterocycles. The lowest BCUT2D eigenvalue weighted by Gasteiger charge is -2.36. The van der Waals surface area contributed by atoms with Crippen molar-refractivity contribution in [3.63, 3.8) is 0 Å². The van der Waals surface area contributed by atoms with Gasteiger partial charge in [0, 0.05) is 45.5 Å². The minimum Gasteiger partial charge on any atom is -0.354 e. The van der Waals surface area contributed by atoms with E-state index in [9.17, 15) is 13.2 Å². The summed E-state index contributed by atoms with van der Waals surface area (Å²) in [5, 5.41) is 3.06. The topological polar surface area (TPSA) is 91.8 Å². The Hall–Kier alpha value is -2.49. The van der Waals surface area contributed by atoms with Crippen LogP contribution in [0.4, 0.5) is 5.82 Å². The molecule has 0 saturated carbocycles. The average Bonchev–Trinajstić information content (AvgIpc) is 3.06. The Kier molecular flexibility index (Phi) is 18.4. The Labute approximate surface area is 286 Å². The molecule has 1 aliphatic rings. The van der Waals surface area contributed by atoms with Crippen molar-refractivity contribution in [3.8, 4) is 0 Å². The molecular weight excluding hydrogens is 609 g/mol. The van der Waals surface area contributed by atoms with Crippen LogP contribution in [0.2, 0.25) is 0 Å². The van der Waals surface area contributed by atoms with Gasteiger partial charge < -0.3 is 10.2 Å². The largest absolute Gasteiger partial charge is 0.354 e. The summed E-state index contributed by atoms with van der Waals surface area (Å²) in [6.07, 6.45) is 19.7. The van der Waals surface area contributed by atoms with Crippen LogP contribution in [-0.4, -0.2) is 70.1 Å². The highest BCUT2D eigenvalue weighted by molar-refractivity contribution is 7.86. The molecule has 0 bridgehead atoms. The number of carbonyl (C=O) groups excluding carboxylic acids is 1. The van der Waals surface area contributed by atoms with Gasteiger partial charge in [0.05, 0.1) is 17.1 Å². The molecule has 0 atom stereocenters. The third-order valence-corrected chi connectivity index (χ3v) is 10.3. The van der Waals surface area contributed by atoms with Gasteiger partial charge in [-0.05, 0) is 49.9 Å². The Bertz CT molecular complexity index is 1230. The Morgan fingerprint density at radius 3 is 1.81 bits per heavy atom. The molecule has 9 heteroatoms. The molecule has 47 heavy (non-hydrogen) atoms. The second kappa shape index (κ2) is 22.2. The second-order valence-corrected chi connectivity index (χ2v) is 15.4. The van der Waals surface area contributed by atoms with Crippen molar-refractivity contribution in [3.05, 3.63) is 53.7 Å². The van der Waals surface area contributed by atoms with Crippen molar-refractivity contribution in [1.29, 1.82) is 0 Å². The van der Waals surface area contributed by atoms with Gasteiger partial charge in [-0.2, -0.15) is 8.42 Å². The predicted octanol–water partition coefficient (Wildman–Crippen LogP) is 8.15. The van der Waals surface area contributed by atoms with Gasteiger partial charge in [-0.15, -0.1) is 0 Å². The molecular formula is C38H62N4O4S. The fraction of sp³-hybridized carbons (Fsp3) is 0.684. The third-order valence-electron chi connectivity index (χ3n) is 8.98. The number of nitrogens with one attached hydrogen (secondary N) is 1.